The minimum atomic E-state index is -1.11. The SMILES string of the molecule is CCCCCCCCCCOC(=O)C(O)C(C)S. The van der Waals surface area contributed by atoms with E-state index >= 15 is 0 Å². The smallest absolute Gasteiger partial charge is 0.336 e. The highest BCUT2D eigenvalue weighted by Crippen LogP contribution is 2.09. The minimum absolute atomic E-state index is 0.379. The van der Waals surface area contributed by atoms with Crippen LogP contribution < -0.4 is 0 Å². The summed E-state index contributed by atoms with van der Waals surface area (Å²) in [6.07, 6.45) is 8.58. The van der Waals surface area contributed by atoms with Crippen molar-refractivity contribution in [1.29, 1.82) is 0 Å². The van der Waals surface area contributed by atoms with Gasteiger partial charge in [0.25, 0.3) is 0 Å². The molecule has 0 saturated heterocycles. The van der Waals surface area contributed by atoms with Crippen LogP contribution in [0.15, 0.2) is 0 Å². The van der Waals surface area contributed by atoms with Gasteiger partial charge in [0.05, 0.1) is 6.61 Å². The first-order valence-electron chi connectivity index (χ1n) is 7.12. The van der Waals surface area contributed by atoms with Gasteiger partial charge in [-0.15, -0.1) is 0 Å². The average molecular weight is 276 g/mol. The van der Waals surface area contributed by atoms with Crippen LogP contribution in [0.25, 0.3) is 0 Å². The third-order valence-electron chi connectivity index (χ3n) is 2.94. The van der Waals surface area contributed by atoms with Crippen LogP contribution in [0.5, 0.6) is 0 Å². The van der Waals surface area contributed by atoms with E-state index in [1.54, 1.807) is 6.92 Å². The third kappa shape index (κ3) is 9.77. The fraction of sp³-hybridized carbons (Fsp3) is 0.929. The van der Waals surface area contributed by atoms with E-state index in [1.807, 2.05) is 0 Å². The van der Waals surface area contributed by atoms with Crippen LogP contribution in [0.1, 0.15) is 65.2 Å². The number of carbonyl (C=O) groups excluding carboxylic acids is 1. The first kappa shape index (κ1) is 17.8. The maximum Gasteiger partial charge on any atom is 0.336 e. The predicted molar refractivity (Wildman–Crippen MR) is 78.0 cm³/mol. The zero-order valence-electron chi connectivity index (χ0n) is 11.7. The van der Waals surface area contributed by atoms with Crippen LogP contribution >= 0.6 is 12.6 Å². The number of esters is 1. The molecule has 0 aromatic rings. The van der Waals surface area contributed by atoms with Crippen molar-refractivity contribution in [3.05, 3.63) is 0 Å². The van der Waals surface area contributed by atoms with Gasteiger partial charge in [-0.2, -0.15) is 12.6 Å². The van der Waals surface area contributed by atoms with Crippen LogP contribution in [0.3, 0.4) is 0 Å². The molecule has 108 valence electrons. The quantitative estimate of drug-likeness (QED) is 0.345. The number of ether oxygens (including phenoxy) is 1. The molecule has 2 atom stereocenters. The van der Waals surface area contributed by atoms with Crippen LogP contribution in [0, 0.1) is 0 Å². The number of hydrogen-bond acceptors (Lipinski definition) is 4. The van der Waals surface area contributed by atoms with Crippen molar-refractivity contribution in [2.24, 2.45) is 0 Å². The van der Waals surface area contributed by atoms with Gasteiger partial charge in [-0.05, 0) is 6.42 Å². The van der Waals surface area contributed by atoms with E-state index in [9.17, 15) is 9.90 Å². The Bertz CT molecular complexity index is 207. The summed E-state index contributed by atoms with van der Waals surface area (Å²) >= 11 is 4.00. The second-order valence-corrected chi connectivity index (χ2v) is 5.64. The molecule has 0 aliphatic heterocycles. The van der Waals surface area contributed by atoms with E-state index in [0.29, 0.717) is 6.61 Å². The molecule has 4 heteroatoms. The lowest BCUT2D eigenvalue weighted by molar-refractivity contribution is -0.153. The van der Waals surface area contributed by atoms with Gasteiger partial charge in [0.1, 0.15) is 0 Å². The number of aliphatic hydroxyl groups is 1. The Balaban J connectivity index is 3.27. The number of hydrogen-bond donors (Lipinski definition) is 2. The maximum atomic E-state index is 11.3. The number of aliphatic hydroxyl groups excluding tert-OH is 1. The van der Waals surface area contributed by atoms with E-state index in [4.69, 9.17) is 4.74 Å². The first-order valence-corrected chi connectivity index (χ1v) is 7.64. The number of unbranched alkanes of at least 4 members (excludes halogenated alkanes) is 7. The van der Waals surface area contributed by atoms with E-state index < -0.39 is 12.1 Å². The summed E-state index contributed by atoms with van der Waals surface area (Å²) in [6, 6.07) is 0. The highest BCUT2D eigenvalue weighted by atomic mass is 32.1. The Morgan fingerprint density at radius 1 is 1.11 bits per heavy atom. The Morgan fingerprint density at radius 3 is 2.11 bits per heavy atom. The lowest BCUT2D eigenvalue weighted by Crippen LogP contribution is -2.30. The van der Waals surface area contributed by atoms with Gasteiger partial charge in [-0.1, -0.05) is 58.8 Å². The zero-order valence-corrected chi connectivity index (χ0v) is 12.6. The van der Waals surface area contributed by atoms with Crippen LogP contribution in [-0.4, -0.2) is 29.0 Å². The van der Waals surface area contributed by atoms with Gasteiger partial charge in [0.2, 0.25) is 0 Å². The molecule has 0 fully saturated rings. The molecule has 0 rings (SSSR count). The Morgan fingerprint density at radius 2 is 1.61 bits per heavy atom. The highest BCUT2D eigenvalue weighted by Gasteiger charge is 2.20. The molecular weight excluding hydrogens is 248 g/mol. The van der Waals surface area contributed by atoms with Crippen molar-refractivity contribution < 1.29 is 14.6 Å². The van der Waals surface area contributed by atoms with E-state index in [0.717, 1.165) is 12.8 Å². The van der Waals surface area contributed by atoms with Gasteiger partial charge in [-0.3, -0.25) is 0 Å². The largest absolute Gasteiger partial charge is 0.464 e. The lowest BCUT2D eigenvalue weighted by Gasteiger charge is -2.12. The van der Waals surface area contributed by atoms with Crippen molar-refractivity contribution in [3.8, 4) is 0 Å². The Kier molecular flexibility index (Phi) is 11.7. The van der Waals surface area contributed by atoms with E-state index in [-0.39, 0.29) is 5.25 Å². The monoisotopic (exact) mass is 276 g/mol. The normalized spacial score (nSPS) is 14.2. The molecule has 2 unspecified atom stereocenters. The molecule has 1 N–H and O–H groups in total. The third-order valence-corrected chi connectivity index (χ3v) is 3.22. The van der Waals surface area contributed by atoms with Crippen molar-refractivity contribution in [2.45, 2.75) is 76.6 Å². The zero-order chi connectivity index (χ0) is 13.8. The Hall–Kier alpha value is -0.220. The van der Waals surface area contributed by atoms with Crippen molar-refractivity contribution in [1.82, 2.24) is 0 Å². The number of thiol groups is 1. The average Bonchev–Trinajstić information content (AvgIpc) is 2.35. The summed E-state index contributed by atoms with van der Waals surface area (Å²) < 4.78 is 4.97. The van der Waals surface area contributed by atoms with Crippen LogP contribution in [-0.2, 0) is 9.53 Å². The lowest BCUT2D eigenvalue weighted by atomic mass is 10.1. The molecule has 3 nitrogen and oxygen atoms in total. The van der Waals surface area contributed by atoms with Gasteiger partial charge in [0.15, 0.2) is 6.10 Å². The fourth-order valence-electron chi connectivity index (χ4n) is 1.69. The van der Waals surface area contributed by atoms with Gasteiger partial charge in [-0.25, -0.2) is 4.79 Å². The molecule has 0 bridgehead atoms. The van der Waals surface area contributed by atoms with Crippen molar-refractivity contribution in [2.75, 3.05) is 6.61 Å². The first-order chi connectivity index (χ1) is 8.59. The summed E-state index contributed by atoms with van der Waals surface area (Å²) in [5.41, 5.74) is 0. The molecule has 0 radical (unpaired) electrons. The molecule has 0 spiro atoms. The van der Waals surface area contributed by atoms with Gasteiger partial charge in [0, 0.05) is 5.25 Å². The minimum Gasteiger partial charge on any atom is -0.464 e. The molecule has 0 aromatic carbocycles. The molecule has 0 aliphatic carbocycles. The van der Waals surface area contributed by atoms with E-state index in [1.165, 1.54) is 38.5 Å². The highest BCUT2D eigenvalue weighted by molar-refractivity contribution is 7.81. The molecule has 0 heterocycles. The maximum absolute atomic E-state index is 11.3. The summed E-state index contributed by atoms with van der Waals surface area (Å²) in [4.78, 5) is 11.3. The summed E-state index contributed by atoms with van der Waals surface area (Å²) in [7, 11) is 0. The van der Waals surface area contributed by atoms with Gasteiger partial charge >= 0.3 is 5.97 Å². The standard InChI is InChI=1S/C14H28O3S/c1-3-4-5-6-7-8-9-10-11-17-14(16)13(15)12(2)18/h12-13,15,18H,3-11H2,1-2H3. The van der Waals surface area contributed by atoms with Gasteiger partial charge < -0.3 is 9.84 Å². The molecule has 18 heavy (non-hydrogen) atoms. The molecule has 0 aliphatic rings. The summed E-state index contributed by atoms with van der Waals surface area (Å²) in [5.74, 6) is -0.555. The second-order valence-electron chi connectivity index (χ2n) is 4.83. The predicted octanol–water partition coefficient (Wildman–Crippen LogP) is 3.35. The Labute approximate surface area is 117 Å². The van der Waals surface area contributed by atoms with Crippen LogP contribution in [0.2, 0.25) is 0 Å². The van der Waals surface area contributed by atoms with Crippen LogP contribution in [0.4, 0.5) is 0 Å². The molecule has 0 saturated carbocycles. The topological polar surface area (TPSA) is 46.5 Å². The van der Waals surface area contributed by atoms with Crippen molar-refractivity contribution in [3.63, 3.8) is 0 Å². The molecular formula is C14H28O3S. The summed E-state index contributed by atoms with van der Waals surface area (Å²) in [5, 5.41) is 8.99. The second kappa shape index (κ2) is 11.8. The van der Waals surface area contributed by atoms with Crippen molar-refractivity contribution >= 4 is 18.6 Å². The molecule has 0 aromatic heterocycles. The number of rotatable bonds is 11. The number of carbonyl (C=O) groups is 1. The molecule has 0 amide bonds. The summed E-state index contributed by atoms with van der Waals surface area (Å²) in [6.45, 7) is 4.30. The van der Waals surface area contributed by atoms with E-state index in [2.05, 4.69) is 19.6 Å². The fourth-order valence-corrected chi connectivity index (χ4v) is 1.81.